The van der Waals surface area contributed by atoms with Gasteiger partial charge < -0.3 is 0 Å². The summed E-state index contributed by atoms with van der Waals surface area (Å²) in [5, 5.41) is 4.16. The standard InChI is InChI=1S/C9H12N2O/c12-7-8-5-6-11(10-8)9-3-1-2-4-9/h5-7,9H,1-4H2. The van der Waals surface area contributed by atoms with E-state index in [0.717, 1.165) is 6.29 Å². The van der Waals surface area contributed by atoms with Gasteiger partial charge in [0.2, 0.25) is 0 Å². The average Bonchev–Trinajstić information content (AvgIpc) is 2.75. The molecule has 0 N–H and O–H groups in total. The van der Waals surface area contributed by atoms with Crippen LogP contribution in [0.2, 0.25) is 0 Å². The van der Waals surface area contributed by atoms with Crippen LogP contribution >= 0.6 is 0 Å². The summed E-state index contributed by atoms with van der Waals surface area (Å²) in [6.45, 7) is 0. The molecule has 0 spiro atoms. The second-order valence-corrected chi connectivity index (χ2v) is 3.28. The highest BCUT2D eigenvalue weighted by Gasteiger charge is 2.17. The number of rotatable bonds is 2. The Morgan fingerprint density at radius 2 is 2.25 bits per heavy atom. The Balaban J connectivity index is 2.16. The Kier molecular flexibility index (Phi) is 1.94. The SMILES string of the molecule is O=Cc1ccn(C2CCCC2)n1. The molecule has 1 fully saturated rings. The van der Waals surface area contributed by atoms with E-state index in [1.54, 1.807) is 6.07 Å². The van der Waals surface area contributed by atoms with E-state index in [0.29, 0.717) is 11.7 Å². The van der Waals surface area contributed by atoms with Gasteiger partial charge in [-0.1, -0.05) is 12.8 Å². The molecule has 12 heavy (non-hydrogen) atoms. The first kappa shape index (κ1) is 7.53. The van der Waals surface area contributed by atoms with Crippen molar-refractivity contribution >= 4 is 6.29 Å². The molecule has 64 valence electrons. The molecule has 0 atom stereocenters. The predicted octanol–water partition coefficient (Wildman–Crippen LogP) is 1.81. The molecule has 1 aliphatic rings. The summed E-state index contributed by atoms with van der Waals surface area (Å²) in [7, 11) is 0. The monoisotopic (exact) mass is 164 g/mol. The lowest BCUT2D eigenvalue weighted by Crippen LogP contribution is -2.05. The van der Waals surface area contributed by atoms with Crippen molar-refractivity contribution in [3.8, 4) is 0 Å². The number of hydrogen-bond acceptors (Lipinski definition) is 2. The minimum Gasteiger partial charge on any atom is -0.296 e. The molecule has 1 aliphatic carbocycles. The van der Waals surface area contributed by atoms with E-state index < -0.39 is 0 Å². The van der Waals surface area contributed by atoms with Crippen molar-refractivity contribution in [2.45, 2.75) is 31.7 Å². The first-order chi connectivity index (χ1) is 5.90. The van der Waals surface area contributed by atoms with Crippen molar-refractivity contribution in [3.63, 3.8) is 0 Å². The second kappa shape index (κ2) is 3.09. The van der Waals surface area contributed by atoms with Crippen LogP contribution in [0.4, 0.5) is 0 Å². The first-order valence-corrected chi connectivity index (χ1v) is 4.40. The molecule has 0 saturated heterocycles. The van der Waals surface area contributed by atoms with Gasteiger partial charge in [0.15, 0.2) is 6.29 Å². The van der Waals surface area contributed by atoms with Crippen LogP contribution in [0, 0.1) is 0 Å². The molecule has 0 unspecified atom stereocenters. The third-order valence-corrected chi connectivity index (χ3v) is 2.45. The van der Waals surface area contributed by atoms with E-state index in [1.807, 2.05) is 10.9 Å². The van der Waals surface area contributed by atoms with Gasteiger partial charge in [-0.2, -0.15) is 5.10 Å². The Labute approximate surface area is 71.4 Å². The summed E-state index contributed by atoms with van der Waals surface area (Å²) in [6, 6.07) is 2.31. The van der Waals surface area contributed by atoms with Gasteiger partial charge in [0.05, 0.1) is 6.04 Å². The second-order valence-electron chi connectivity index (χ2n) is 3.28. The topological polar surface area (TPSA) is 34.9 Å². The van der Waals surface area contributed by atoms with Crippen LogP contribution in [-0.4, -0.2) is 16.1 Å². The fourth-order valence-corrected chi connectivity index (χ4v) is 1.79. The zero-order chi connectivity index (χ0) is 8.39. The number of aldehydes is 1. The normalized spacial score (nSPS) is 18.3. The van der Waals surface area contributed by atoms with Gasteiger partial charge in [0, 0.05) is 6.20 Å². The lowest BCUT2D eigenvalue weighted by molar-refractivity contribution is 0.111. The summed E-state index contributed by atoms with van der Waals surface area (Å²) in [6.07, 6.45) is 7.70. The fraction of sp³-hybridized carbons (Fsp3) is 0.556. The lowest BCUT2D eigenvalue weighted by Gasteiger charge is -2.07. The van der Waals surface area contributed by atoms with E-state index in [4.69, 9.17) is 0 Å². The molecular weight excluding hydrogens is 152 g/mol. The van der Waals surface area contributed by atoms with Gasteiger partial charge in [0.25, 0.3) is 0 Å². The highest BCUT2D eigenvalue weighted by atomic mass is 16.1. The molecule has 1 saturated carbocycles. The van der Waals surface area contributed by atoms with Crippen LogP contribution in [0.15, 0.2) is 12.3 Å². The molecule has 0 aliphatic heterocycles. The van der Waals surface area contributed by atoms with Crippen molar-refractivity contribution in [1.82, 2.24) is 9.78 Å². The van der Waals surface area contributed by atoms with E-state index >= 15 is 0 Å². The van der Waals surface area contributed by atoms with Gasteiger partial charge in [-0.05, 0) is 18.9 Å². The Morgan fingerprint density at radius 3 is 2.83 bits per heavy atom. The van der Waals surface area contributed by atoms with Crippen LogP contribution < -0.4 is 0 Å². The van der Waals surface area contributed by atoms with E-state index in [-0.39, 0.29) is 0 Å². The molecule has 3 nitrogen and oxygen atoms in total. The van der Waals surface area contributed by atoms with Crippen LogP contribution in [0.1, 0.15) is 42.2 Å². The lowest BCUT2D eigenvalue weighted by atomic mass is 10.3. The molecule has 3 heteroatoms. The third kappa shape index (κ3) is 1.26. The summed E-state index contributed by atoms with van der Waals surface area (Å²) in [5.41, 5.74) is 0.543. The maximum atomic E-state index is 10.4. The fourth-order valence-electron chi connectivity index (χ4n) is 1.79. The molecule has 1 aromatic heterocycles. The smallest absolute Gasteiger partial charge is 0.170 e. The minimum absolute atomic E-state index is 0.540. The molecule has 0 aromatic carbocycles. The van der Waals surface area contributed by atoms with Gasteiger partial charge >= 0.3 is 0 Å². The molecule has 0 radical (unpaired) electrons. The number of hydrogen-bond donors (Lipinski definition) is 0. The average molecular weight is 164 g/mol. The molecule has 0 bridgehead atoms. The summed E-state index contributed by atoms with van der Waals surface area (Å²) in [4.78, 5) is 10.4. The van der Waals surface area contributed by atoms with Gasteiger partial charge in [-0.25, -0.2) is 0 Å². The van der Waals surface area contributed by atoms with E-state index in [9.17, 15) is 4.79 Å². The van der Waals surface area contributed by atoms with Crippen molar-refractivity contribution < 1.29 is 4.79 Å². The summed E-state index contributed by atoms with van der Waals surface area (Å²) >= 11 is 0. The maximum absolute atomic E-state index is 10.4. The Hall–Kier alpha value is -1.12. The highest BCUT2D eigenvalue weighted by Crippen LogP contribution is 2.28. The van der Waals surface area contributed by atoms with Gasteiger partial charge in [-0.3, -0.25) is 9.48 Å². The number of carbonyl (C=O) groups excluding carboxylic acids is 1. The van der Waals surface area contributed by atoms with Crippen LogP contribution in [0.5, 0.6) is 0 Å². The number of aromatic nitrogens is 2. The zero-order valence-electron chi connectivity index (χ0n) is 6.94. The van der Waals surface area contributed by atoms with E-state index in [2.05, 4.69) is 5.10 Å². The van der Waals surface area contributed by atoms with Crippen LogP contribution in [-0.2, 0) is 0 Å². The Bertz CT molecular complexity index is 274. The minimum atomic E-state index is 0.540. The Morgan fingerprint density at radius 1 is 1.50 bits per heavy atom. The largest absolute Gasteiger partial charge is 0.296 e. The molecule has 1 heterocycles. The first-order valence-electron chi connectivity index (χ1n) is 4.40. The van der Waals surface area contributed by atoms with Crippen LogP contribution in [0.3, 0.4) is 0 Å². The number of carbonyl (C=O) groups is 1. The molecular formula is C9H12N2O. The highest BCUT2D eigenvalue weighted by molar-refractivity contribution is 5.71. The van der Waals surface area contributed by atoms with Crippen molar-refractivity contribution in [3.05, 3.63) is 18.0 Å². The molecule has 0 amide bonds. The quantitative estimate of drug-likeness (QED) is 0.625. The van der Waals surface area contributed by atoms with Crippen molar-refractivity contribution in [2.24, 2.45) is 0 Å². The van der Waals surface area contributed by atoms with E-state index in [1.165, 1.54) is 25.7 Å². The van der Waals surface area contributed by atoms with Crippen molar-refractivity contribution in [1.29, 1.82) is 0 Å². The molecule has 1 aromatic rings. The van der Waals surface area contributed by atoms with Crippen LogP contribution in [0.25, 0.3) is 0 Å². The number of nitrogens with zero attached hydrogens (tertiary/aromatic N) is 2. The zero-order valence-corrected chi connectivity index (χ0v) is 6.94. The maximum Gasteiger partial charge on any atom is 0.170 e. The van der Waals surface area contributed by atoms with Gasteiger partial charge in [0.1, 0.15) is 5.69 Å². The van der Waals surface area contributed by atoms with Crippen molar-refractivity contribution in [2.75, 3.05) is 0 Å². The summed E-state index contributed by atoms with van der Waals surface area (Å²) < 4.78 is 1.93. The predicted molar refractivity (Wildman–Crippen MR) is 45.1 cm³/mol. The molecule has 2 rings (SSSR count). The van der Waals surface area contributed by atoms with Gasteiger partial charge in [-0.15, -0.1) is 0 Å². The third-order valence-electron chi connectivity index (χ3n) is 2.45. The summed E-state index contributed by atoms with van der Waals surface area (Å²) in [5.74, 6) is 0.